The standard InChI is InChI=1S/C16H27N5O/c1-4-13(2)19-16(22)18-12-14-5-6-17-15(11-14)21-9-7-20(3)8-10-21/h5-6,11,13H,4,7-10,12H2,1-3H3,(H2,18,19,22). The third-order valence-corrected chi connectivity index (χ3v) is 4.08. The zero-order chi connectivity index (χ0) is 15.9. The van der Waals surface area contributed by atoms with Crippen LogP contribution in [0.5, 0.6) is 0 Å². The van der Waals surface area contributed by atoms with E-state index in [-0.39, 0.29) is 12.1 Å². The van der Waals surface area contributed by atoms with Crippen LogP contribution in [-0.2, 0) is 6.54 Å². The highest BCUT2D eigenvalue weighted by Gasteiger charge is 2.15. The van der Waals surface area contributed by atoms with Crippen LogP contribution in [0.25, 0.3) is 0 Å². The Kier molecular flexibility index (Phi) is 6.00. The molecule has 1 aliphatic heterocycles. The second kappa shape index (κ2) is 7.98. The third kappa shape index (κ3) is 4.87. The fourth-order valence-corrected chi connectivity index (χ4v) is 2.34. The maximum Gasteiger partial charge on any atom is 0.315 e. The lowest BCUT2D eigenvalue weighted by Gasteiger charge is -2.33. The van der Waals surface area contributed by atoms with E-state index in [9.17, 15) is 4.79 Å². The Bertz CT molecular complexity index is 485. The minimum Gasteiger partial charge on any atom is -0.354 e. The maximum atomic E-state index is 11.8. The molecule has 2 N–H and O–H groups in total. The molecule has 0 radical (unpaired) electrons. The highest BCUT2D eigenvalue weighted by molar-refractivity contribution is 5.74. The molecule has 1 aromatic rings. The van der Waals surface area contributed by atoms with Gasteiger partial charge in [0.05, 0.1) is 0 Å². The Hall–Kier alpha value is -1.82. The summed E-state index contributed by atoms with van der Waals surface area (Å²) in [5.41, 5.74) is 1.07. The zero-order valence-electron chi connectivity index (χ0n) is 13.8. The Labute approximate surface area is 132 Å². The summed E-state index contributed by atoms with van der Waals surface area (Å²) in [4.78, 5) is 20.8. The van der Waals surface area contributed by atoms with E-state index in [4.69, 9.17) is 0 Å². The Balaban J connectivity index is 1.87. The van der Waals surface area contributed by atoms with Gasteiger partial charge < -0.3 is 20.4 Å². The van der Waals surface area contributed by atoms with Gasteiger partial charge in [-0.15, -0.1) is 0 Å². The average molecular weight is 305 g/mol. The van der Waals surface area contributed by atoms with Gasteiger partial charge in [-0.1, -0.05) is 6.92 Å². The summed E-state index contributed by atoms with van der Waals surface area (Å²) >= 11 is 0. The molecule has 1 atom stereocenters. The van der Waals surface area contributed by atoms with Gasteiger partial charge >= 0.3 is 6.03 Å². The molecular weight excluding hydrogens is 278 g/mol. The van der Waals surface area contributed by atoms with Gasteiger partial charge in [0, 0.05) is 45.0 Å². The molecule has 2 heterocycles. The van der Waals surface area contributed by atoms with Crippen molar-refractivity contribution in [2.45, 2.75) is 32.9 Å². The molecule has 0 saturated carbocycles. The van der Waals surface area contributed by atoms with E-state index in [2.05, 4.69) is 45.5 Å². The number of pyridine rings is 1. The molecule has 0 bridgehead atoms. The topological polar surface area (TPSA) is 60.5 Å². The smallest absolute Gasteiger partial charge is 0.315 e. The normalized spacial score (nSPS) is 17.1. The summed E-state index contributed by atoms with van der Waals surface area (Å²) in [6.07, 6.45) is 2.74. The maximum absolute atomic E-state index is 11.8. The highest BCUT2D eigenvalue weighted by atomic mass is 16.2. The molecule has 1 saturated heterocycles. The second-order valence-corrected chi connectivity index (χ2v) is 5.95. The molecule has 6 nitrogen and oxygen atoms in total. The van der Waals surface area contributed by atoms with Gasteiger partial charge in [0.1, 0.15) is 5.82 Å². The summed E-state index contributed by atoms with van der Waals surface area (Å²) in [7, 11) is 2.14. The molecule has 1 fully saturated rings. The van der Waals surface area contributed by atoms with E-state index >= 15 is 0 Å². The van der Waals surface area contributed by atoms with Crippen molar-refractivity contribution in [1.82, 2.24) is 20.5 Å². The van der Waals surface area contributed by atoms with Crippen molar-refractivity contribution >= 4 is 11.8 Å². The van der Waals surface area contributed by atoms with Crippen molar-refractivity contribution in [3.05, 3.63) is 23.9 Å². The SMILES string of the molecule is CCC(C)NC(=O)NCc1ccnc(N2CCN(C)CC2)c1. The van der Waals surface area contributed by atoms with Crippen LogP contribution in [0, 0.1) is 0 Å². The number of hydrogen-bond donors (Lipinski definition) is 2. The second-order valence-electron chi connectivity index (χ2n) is 5.95. The van der Waals surface area contributed by atoms with Gasteiger partial charge in [-0.2, -0.15) is 0 Å². The first-order valence-electron chi connectivity index (χ1n) is 8.01. The lowest BCUT2D eigenvalue weighted by Crippen LogP contribution is -2.44. The number of carbonyl (C=O) groups excluding carboxylic acids is 1. The largest absolute Gasteiger partial charge is 0.354 e. The highest BCUT2D eigenvalue weighted by Crippen LogP contribution is 2.14. The monoisotopic (exact) mass is 305 g/mol. The van der Waals surface area contributed by atoms with E-state index in [1.165, 1.54) is 0 Å². The summed E-state index contributed by atoms with van der Waals surface area (Å²) < 4.78 is 0. The molecule has 0 spiro atoms. The molecule has 2 amide bonds. The molecule has 6 heteroatoms. The molecule has 122 valence electrons. The molecular formula is C16H27N5O. The molecule has 1 aliphatic rings. The minimum atomic E-state index is -0.118. The van der Waals surface area contributed by atoms with Crippen LogP contribution in [0.2, 0.25) is 0 Å². The van der Waals surface area contributed by atoms with E-state index in [0.29, 0.717) is 6.54 Å². The summed E-state index contributed by atoms with van der Waals surface area (Å²) in [5, 5.41) is 5.80. The van der Waals surface area contributed by atoms with Crippen molar-refractivity contribution in [2.24, 2.45) is 0 Å². The first-order chi connectivity index (χ1) is 10.6. The zero-order valence-corrected chi connectivity index (χ0v) is 13.8. The van der Waals surface area contributed by atoms with Crippen LogP contribution >= 0.6 is 0 Å². The van der Waals surface area contributed by atoms with Crippen LogP contribution in [0.15, 0.2) is 18.3 Å². The van der Waals surface area contributed by atoms with Gasteiger partial charge in [-0.25, -0.2) is 9.78 Å². The minimum absolute atomic E-state index is 0.118. The molecule has 0 aliphatic carbocycles. The fraction of sp³-hybridized carbons (Fsp3) is 0.625. The van der Waals surface area contributed by atoms with Crippen molar-refractivity contribution in [3.63, 3.8) is 0 Å². The van der Waals surface area contributed by atoms with Crippen LogP contribution < -0.4 is 15.5 Å². The Morgan fingerprint density at radius 3 is 2.77 bits per heavy atom. The first kappa shape index (κ1) is 16.5. The average Bonchev–Trinajstić information content (AvgIpc) is 2.54. The van der Waals surface area contributed by atoms with E-state index in [1.54, 1.807) is 0 Å². The number of nitrogens with one attached hydrogen (secondary N) is 2. The van der Waals surface area contributed by atoms with Crippen LogP contribution in [-0.4, -0.2) is 55.2 Å². The summed E-state index contributed by atoms with van der Waals surface area (Å²) in [6.45, 7) is 8.67. The Morgan fingerprint density at radius 2 is 2.09 bits per heavy atom. The molecule has 1 unspecified atom stereocenters. The Morgan fingerprint density at radius 1 is 1.36 bits per heavy atom. The summed E-state index contributed by atoms with van der Waals surface area (Å²) in [5.74, 6) is 0.995. The predicted molar refractivity (Wildman–Crippen MR) is 89.1 cm³/mol. The van der Waals surface area contributed by atoms with Crippen LogP contribution in [0.3, 0.4) is 0 Å². The quantitative estimate of drug-likeness (QED) is 0.864. The van der Waals surface area contributed by atoms with E-state index < -0.39 is 0 Å². The van der Waals surface area contributed by atoms with Crippen LogP contribution in [0.4, 0.5) is 10.6 Å². The fourth-order valence-electron chi connectivity index (χ4n) is 2.34. The van der Waals surface area contributed by atoms with Crippen molar-refractivity contribution < 1.29 is 4.79 Å². The van der Waals surface area contributed by atoms with Crippen molar-refractivity contribution in [3.8, 4) is 0 Å². The number of aromatic nitrogens is 1. The lowest BCUT2D eigenvalue weighted by molar-refractivity contribution is 0.237. The molecule has 0 aromatic carbocycles. The van der Waals surface area contributed by atoms with Gasteiger partial charge in [0.2, 0.25) is 0 Å². The number of nitrogens with zero attached hydrogens (tertiary/aromatic N) is 3. The van der Waals surface area contributed by atoms with E-state index in [0.717, 1.165) is 44.0 Å². The van der Waals surface area contributed by atoms with Gasteiger partial charge in [0.15, 0.2) is 0 Å². The third-order valence-electron chi connectivity index (χ3n) is 4.08. The van der Waals surface area contributed by atoms with Crippen molar-refractivity contribution in [1.29, 1.82) is 0 Å². The molecule has 1 aromatic heterocycles. The molecule has 22 heavy (non-hydrogen) atoms. The van der Waals surface area contributed by atoms with Gasteiger partial charge in [-0.05, 0) is 38.1 Å². The number of piperazine rings is 1. The number of hydrogen-bond acceptors (Lipinski definition) is 4. The number of amides is 2. The van der Waals surface area contributed by atoms with Gasteiger partial charge in [0.25, 0.3) is 0 Å². The molecule has 2 rings (SSSR count). The van der Waals surface area contributed by atoms with E-state index in [1.807, 2.05) is 19.2 Å². The number of urea groups is 1. The van der Waals surface area contributed by atoms with Crippen molar-refractivity contribution in [2.75, 3.05) is 38.1 Å². The first-order valence-corrected chi connectivity index (χ1v) is 8.01. The lowest BCUT2D eigenvalue weighted by atomic mass is 10.2. The number of anilines is 1. The number of carbonyl (C=O) groups is 1. The number of rotatable bonds is 5. The van der Waals surface area contributed by atoms with Crippen LogP contribution in [0.1, 0.15) is 25.8 Å². The number of likely N-dealkylation sites (N-methyl/N-ethyl adjacent to an activating group) is 1. The van der Waals surface area contributed by atoms with Gasteiger partial charge in [-0.3, -0.25) is 0 Å². The summed E-state index contributed by atoms with van der Waals surface area (Å²) in [6, 6.07) is 4.09. The predicted octanol–water partition coefficient (Wildman–Crippen LogP) is 1.43.